The number of allylic oxidation sites excluding steroid dienone is 1. The Hall–Kier alpha value is -1.53. The van der Waals surface area contributed by atoms with Gasteiger partial charge in [0.25, 0.3) is 0 Å². The molecule has 1 heterocycles. The second-order valence-corrected chi connectivity index (χ2v) is 12.8. The van der Waals surface area contributed by atoms with E-state index in [2.05, 4.69) is 17.9 Å². The first kappa shape index (κ1) is 32.5. The number of nitrogens with one attached hydrogen (secondary N) is 1. The van der Waals surface area contributed by atoms with Gasteiger partial charge in [0, 0.05) is 32.1 Å². The molecule has 206 valence electrons. The summed E-state index contributed by atoms with van der Waals surface area (Å²) in [6, 6.07) is -0.639. The summed E-state index contributed by atoms with van der Waals surface area (Å²) in [5, 5.41) is 0. The van der Waals surface area contributed by atoms with Gasteiger partial charge in [-0.2, -0.15) is 0 Å². The van der Waals surface area contributed by atoms with Crippen LogP contribution in [0.5, 0.6) is 0 Å². The van der Waals surface area contributed by atoms with Gasteiger partial charge in [-0.15, -0.1) is 29.6 Å². The van der Waals surface area contributed by atoms with Crippen molar-refractivity contribution in [1.82, 2.24) is 4.72 Å². The number of hydrogen-bond donors (Lipinski definition) is 1. The van der Waals surface area contributed by atoms with Crippen molar-refractivity contribution >= 4 is 41.0 Å². The summed E-state index contributed by atoms with van der Waals surface area (Å²) in [6.45, 7) is 18.6. The zero-order valence-electron chi connectivity index (χ0n) is 22.3. The normalized spacial score (nSPS) is 26.7. The van der Waals surface area contributed by atoms with Gasteiger partial charge in [0.15, 0.2) is 18.3 Å². The van der Waals surface area contributed by atoms with E-state index < -0.39 is 69.9 Å². The highest BCUT2D eigenvalue weighted by molar-refractivity contribution is 7.99. The summed E-state index contributed by atoms with van der Waals surface area (Å²) in [6.07, 6.45) is 0.850. The van der Waals surface area contributed by atoms with Gasteiger partial charge in [0.1, 0.15) is 16.3 Å². The van der Waals surface area contributed by atoms with Gasteiger partial charge in [-0.3, -0.25) is 14.4 Å². The van der Waals surface area contributed by atoms with E-state index in [4.69, 9.17) is 18.9 Å². The molecular weight excluding hydrogens is 506 g/mol. The number of hydrogen-bond acceptors (Lipinski definition) is 10. The smallest absolute Gasteiger partial charge is 0.303 e. The molecule has 3 unspecified atom stereocenters. The number of carbonyl (C=O) groups is 3. The van der Waals surface area contributed by atoms with Crippen molar-refractivity contribution in [2.75, 3.05) is 5.75 Å². The summed E-state index contributed by atoms with van der Waals surface area (Å²) >= 11 is -0.112. The van der Waals surface area contributed by atoms with Crippen LogP contribution in [0, 0.1) is 5.92 Å². The Kier molecular flexibility index (Phi) is 13.6. The van der Waals surface area contributed by atoms with Crippen molar-refractivity contribution in [2.45, 2.75) is 102 Å². The molecule has 0 bridgehead atoms. The molecule has 9 nitrogen and oxygen atoms in total. The maximum Gasteiger partial charge on any atom is 0.303 e. The number of ether oxygens (including phenoxy) is 4. The molecule has 0 aromatic carbocycles. The van der Waals surface area contributed by atoms with E-state index >= 15 is 0 Å². The molecule has 1 aliphatic heterocycles. The monoisotopic (exact) mass is 547 g/mol. The van der Waals surface area contributed by atoms with E-state index in [1.54, 1.807) is 12.2 Å². The van der Waals surface area contributed by atoms with Crippen LogP contribution in [0.1, 0.15) is 61.3 Å². The van der Waals surface area contributed by atoms with Gasteiger partial charge in [-0.1, -0.05) is 19.1 Å². The molecule has 0 spiro atoms. The van der Waals surface area contributed by atoms with Crippen LogP contribution in [0.3, 0.4) is 0 Å². The molecule has 1 saturated heterocycles. The SMILES string of the molecule is C=CCCCS[C@H]1O[C@H](C(N[S+]([O-])C(C)(C)C)C(C)C=C)[C@H](OC(C)=O)[C@H](OC(C)=O)[C@H]1OC(C)=O. The molecule has 0 saturated carbocycles. The maximum absolute atomic E-state index is 13.1. The number of rotatable bonds is 13. The maximum atomic E-state index is 13.1. The van der Waals surface area contributed by atoms with Crippen molar-refractivity contribution < 1.29 is 37.9 Å². The fraction of sp³-hybridized carbons (Fsp3) is 0.720. The third kappa shape index (κ3) is 10.1. The minimum atomic E-state index is -1.51. The van der Waals surface area contributed by atoms with Gasteiger partial charge in [-0.25, -0.2) is 0 Å². The van der Waals surface area contributed by atoms with Gasteiger partial charge in [0.05, 0.1) is 6.04 Å². The molecule has 1 rings (SSSR count). The molecule has 36 heavy (non-hydrogen) atoms. The molecular formula is C25H41NO8S2. The molecule has 11 heteroatoms. The first-order valence-corrected chi connectivity index (χ1v) is 14.1. The quantitative estimate of drug-likeness (QED) is 0.121. The van der Waals surface area contributed by atoms with Crippen molar-refractivity contribution in [3.63, 3.8) is 0 Å². The average molecular weight is 548 g/mol. The van der Waals surface area contributed by atoms with Crippen LogP contribution >= 0.6 is 11.8 Å². The van der Waals surface area contributed by atoms with Gasteiger partial charge in [-0.05, 0) is 45.3 Å². The first-order chi connectivity index (χ1) is 16.7. The Morgan fingerprint density at radius 3 is 2.06 bits per heavy atom. The van der Waals surface area contributed by atoms with Crippen LogP contribution in [-0.2, 0) is 44.7 Å². The third-order valence-electron chi connectivity index (χ3n) is 5.36. The van der Waals surface area contributed by atoms with E-state index in [0.717, 1.165) is 12.8 Å². The zero-order valence-corrected chi connectivity index (χ0v) is 23.9. The standard InChI is InChI=1S/C25H41NO8S2/c1-10-12-13-14-35-24-23(33-18(6)29)22(32-17(5)28)21(31-16(4)27)20(34-24)19(15(3)11-2)26-36(30)25(7,8)9/h10-11,15,19-24,26H,1-2,12-14H2,3-9H3/t15?,19?,20-,21+,22+,23-,24-,36?/m1/s1. The molecule has 1 N–H and O–H groups in total. The largest absolute Gasteiger partial charge is 0.598 e. The Bertz CT molecular complexity index is 772. The van der Waals surface area contributed by atoms with Crippen LogP contribution in [0.2, 0.25) is 0 Å². The highest BCUT2D eigenvalue weighted by atomic mass is 32.2. The number of thioether (sulfide) groups is 1. The van der Waals surface area contributed by atoms with E-state index in [1.165, 1.54) is 32.5 Å². The lowest BCUT2D eigenvalue weighted by Crippen LogP contribution is -2.66. The highest BCUT2D eigenvalue weighted by Crippen LogP contribution is 2.37. The van der Waals surface area contributed by atoms with Crippen molar-refractivity contribution in [1.29, 1.82) is 0 Å². The van der Waals surface area contributed by atoms with Gasteiger partial charge < -0.3 is 23.5 Å². The van der Waals surface area contributed by atoms with Crippen molar-refractivity contribution in [2.24, 2.45) is 5.92 Å². The molecule has 1 aliphatic rings. The third-order valence-corrected chi connectivity index (χ3v) is 8.19. The summed E-state index contributed by atoms with van der Waals surface area (Å²) in [5.74, 6) is -1.50. The van der Waals surface area contributed by atoms with Crippen LogP contribution in [0.15, 0.2) is 25.3 Å². The summed E-state index contributed by atoms with van der Waals surface area (Å²) < 4.78 is 38.9. The van der Waals surface area contributed by atoms with E-state index in [1.807, 2.05) is 27.7 Å². The molecule has 0 aromatic heterocycles. The molecule has 1 fully saturated rings. The summed E-state index contributed by atoms with van der Waals surface area (Å²) in [7, 11) is 0. The van der Waals surface area contributed by atoms with Crippen LogP contribution in [0.25, 0.3) is 0 Å². The minimum absolute atomic E-state index is 0.283. The molecule has 8 atom stereocenters. The first-order valence-electron chi connectivity index (χ1n) is 11.9. The zero-order chi connectivity index (χ0) is 27.6. The second kappa shape index (κ2) is 15.0. The second-order valence-electron chi connectivity index (χ2n) is 9.61. The summed E-state index contributed by atoms with van der Waals surface area (Å²) in [4.78, 5) is 36.3. The van der Waals surface area contributed by atoms with E-state index in [-0.39, 0.29) is 5.92 Å². The number of esters is 3. The minimum Gasteiger partial charge on any atom is -0.598 e. The lowest BCUT2D eigenvalue weighted by Gasteiger charge is -2.47. The Morgan fingerprint density at radius 2 is 1.58 bits per heavy atom. The molecule has 0 aliphatic carbocycles. The van der Waals surface area contributed by atoms with Crippen LogP contribution in [-0.4, -0.2) is 68.9 Å². The van der Waals surface area contributed by atoms with Crippen LogP contribution < -0.4 is 4.72 Å². The van der Waals surface area contributed by atoms with Crippen molar-refractivity contribution in [3.05, 3.63) is 25.3 Å². The topological polar surface area (TPSA) is 123 Å². The number of unbranched alkanes of at least 4 members (excludes halogenated alkanes) is 1. The lowest BCUT2D eigenvalue weighted by molar-refractivity contribution is -0.236. The van der Waals surface area contributed by atoms with Crippen LogP contribution in [0.4, 0.5) is 0 Å². The molecule has 0 radical (unpaired) electrons. The summed E-state index contributed by atoms with van der Waals surface area (Å²) in [5.41, 5.74) is -0.746. The van der Waals surface area contributed by atoms with Gasteiger partial charge in [0.2, 0.25) is 0 Å². The average Bonchev–Trinajstić information content (AvgIpc) is 2.76. The fourth-order valence-electron chi connectivity index (χ4n) is 3.58. The highest BCUT2D eigenvalue weighted by Gasteiger charge is 2.55. The number of carbonyl (C=O) groups excluding carboxylic acids is 3. The fourth-order valence-corrected chi connectivity index (χ4v) is 5.70. The Morgan fingerprint density at radius 1 is 1.06 bits per heavy atom. The predicted molar refractivity (Wildman–Crippen MR) is 141 cm³/mol. The van der Waals surface area contributed by atoms with Crippen molar-refractivity contribution in [3.8, 4) is 0 Å². The van der Waals surface area contributed by atoms with E-state index in [9.17, 15) is 18.9 Å². The Balaban J connectivity index is 3.58. The predicted octanol–water partition coefficient (Wildman–Crippen LogP) is 3.45. The van der Waals surface area contributed by atoms with Gasteiger partial charge >= 0.3 is 17.9 Å². The Labute approximate surface area is 222 Å². The molecule has 0 amide bonds. The van der Waals surface area contributed by atoms with E-state index in [0.29, 0.717) is 5.75 Å². The molecule has 0 aromatic rings. The lowest BCUT2D eigenvalue weighted by atomic mass is 9.88.